The van der Waals surface area contributed by atoms with E-state index in [-0.39, 0.29) is 35.9 Å². The Morgan fingerprint density at radius 2 is 1.89 bits per heavy atom. The van der Waals surface area contributed by atoms with Gasteiger partial charge in [-0.1, -0.05) is 19.8 Å². The van der Waals surface area contributed by atoms with Crippen LogP contribution in [0, 0.1) is 0 Å². The average Bonchev–Trinajstić information content (AvgIpc) is 2.65. The van der Waals surface area contributed by atoms with Crippen LogP contribution in [-0.4, -0.2) is 37.4 Å². The SMILES string of the molecule is CCS(=O)(=O)CC(C)NC(=O)C1(N)CCCC1.Cl. The molecule has 1 aliphatic carbocycles. The molecule has 1 atom stereocenters. The third-order valence-corrected chi connectivity index (χ3v) is 5.16. The van der Waals surface area contributed by atoms with Crippen molar-refractivity contribution < 1.29 is 13.2 Å². The van der Waals surface area contributed by atoms with Crippen LogP contribution in [-0.2, 0) is 14.6 Å². The number of rotatable bonds is 5. The molecule has 0 bridgehead atoms. The van der Waals surface area contributed by atoms with Crippen molar-refractivity contribution in [1.82, 2.24) is 5.32 Å². The number of carbonyl (C=O) groups is 1. The zero-order chi connectivity index (χ0) is 13.1. The summed E-state index contributed by atoms with van der Waals surface area (Å²) in [5.41, 5.74) is 5.20. The van der Waals surface area contributed by atoms with Gasteiger partial charge in [0.2, 0.25) is 5.91 Å². The van der Waals surface area contributed by atoms with E-state index in [1.807, 2.05) is 0 Å². The fourth-order valence-electron chi connectivity index (χ4n) is 2.14. The Morgan fingerprint density at radius 3 is 2.33 bits per heavy atom. The Kier molecular flexibility index (Phi) is 6.60. The summed E-state index contributed by atoms with van der Waals surface area (Å²) in [5, 5.41) is 2.71. The highest BCUT2D eigenvalue weighted by atomic mass is 35.5. The van der Waals surface area contributed by atoms with Crippen molar-refractivity contribution in [1.29, 1.82) is 0 Å². The Balaban J connectivity index is 0.00000289. The van der Waals surface area contributed by atoms with Crippen LogP contribution in [0.3, 0.4) is 0 Å². The fraction of sp³-hybridized carbons (Fsp3) is 0.909. The molecule has 1 fully saturated rings. The smallest absolute Gasteiger partial charge is 0.240 e. The van der Waals surface area contributed by atoms with E-state index in [9.17, 15) is 13.2 Å². The van der Waals surface area contributed by atoms with Crippen molar-refractivity contribution in [2.75, 3.05) is 11.5 Å². The normalized spacial score (nSPS) is 19.9. The molecule has 7 heteroatoms. The van der Waals surface area contributed by atoms with Crippen LogP contribution >= 0.6 is 12.4 Å². The number of carbonyl (C=O) groups excluding carboxylic acids is 1. The predicted molar refractivity (Wildman–Crippen MR) is 74.6 cm³/mol. The quantitative estimate of drug-likeness (QED) is 0.778. The molecule has 0 radical (unpaired) electrons. The highest BCUT2D eigenvalue weighted by molar-refractivity contribution is 7.91. The molecule has 0 aromatic carbocycles. The largest absolute Gasteiger partial charge is 0.351 e. The van der Waals surface area contributed by atoms with Gasteiger partial charge in [0.05, 0.1) is 11.3 Å². The van der Waals surface area contributed by atoms with Crippen LogP contribution in [0.25, 0.3) is 0 Å². The van der Waals surface area contributed by atoms with Crippen molar-refractivity contribution in [2.24, 2.45) is 5.73 Å². The van der Waals surface area contributed by atoms with Crippen molar-refractivity contribution in [2.45, 2.75) is 51.1 Å². The van der Waals surface area contributed by atoms with E-state index in [2.05, 4.69) is 5.32 Å². The van der Waals surface area contributed by atoms with Crippen LogP contribution in [0.2, 0.25) is 0 Å². The van der Waals surface area contributed by atoms with Gasteiger partial charge in [-0.3, -0.25) is 4.79 Å². The summed E-state index contributed by atoms with van der Waals surface area (Å²) in [6.45, 7) is 3.30. The minimum atomic E-state index is -3.06. The lowest BCUT2D eigenvalue weighted by Crippen LogP contribution is -2.55. The molecule has 0 saturated heterocycles. The Hall–Kier alpha value is -0.330. The van der Waals surface area contributed by atoms with Gasteiger partial charge in [0.1, 0.15) is 0 Å². The summed E-state index contributed by atoms with van der Waals surface area (Å²) in [4.78, 5) is 11.9. The molecule has 3 N–H and O–H groups in total. The molecular formula is C11H23ClN2O3S. The first-order valence-corrected chi connectivity index (χ1v) is 7.91. The van der Waals surface area contributed by atoms with E-state index in [0.717, 1.165) is 12.8 Å². The van der Waals surface area contributed by atoms with Gasteiger partial charge in [0.25, 0.3) is 0 Å². The van der Waals surface area contributed by atoms with Crippen molar-refractivity contribution in [3.63, 3.8) is 0 Å². The van der Waals surface area contributed by atoms with E-state index in [4.69, 9.17) is 5.73 Å². The minimum absolute atomic E-state index is 0. The summed E-state index contributed by atoms with van der Waals surface area (Å²) in [6.07, 6.45) is 3.30. The van der Waals surface area contributed by atoms with Gasteiger partial charge in [0, 0.05) is 11.8 Å². The van der Waals surface area contributed by atoms with Crippen molar-refractivity contribution in [3.05, 3.63) is 0 Å². The second-order valence-corrected chi connectivity index (χ2v) is 7.33. The topological polar surface area (TPSA) is 89.3 Å². The maximum Gasteiger partial charge on any atom is 0.240 e. The first kappa shape index (κ1) is 17.7. The number of sulfone groups is 1. The molecule has 1 saturated carbocycles. The summed E-state index contributed by atoms with van der Waals surface area (Å²) in [6, 6.07) is -0.381. The molecule has 0 spiro atoms. The zero-order valence-electron chi connectivity index (χ0n) is 10.9. The molecule has 1 unspecified atom stereocenters. The zero-order valence-corrected chi connectivity index (χ0v) is 12.6. The predicted octanol–water partition coefficient (Wildman–Crippen LogP) is 0.619. The van der Waals surface area contributed by atoms with Gasteiger partial charge in [-0.2, -0.15) is 0 Å². The number of hydrogen-bond acceptors (Lipinski definition) is 4. The van der Waals surface area contributed by atoms with Crippen molar-refractivity contribution in [3.8, 4) is 0 Å². The number of amides is 1. The van der Waals surface area contributed by atoms with E-state index in [1.54, 1.807) is 13.8 Å². The van der Waals surface area contributed by atoms with E-state index < -0.39 is 15.4 Å². The molecule has 5 nitrogen and oxygen atoms in total. The molecule has 0 aromatic rings. The lowest BCUT2D eigenvalue weighted by molar-refractivity contribution is -0.126. The Bertz CT molecular complexity index is 378. The summed E-state index contributed by atoms with van der Waals surface area (Å²) in [5.74, 6) is -0.138. The van der Waals surface area contributed by atoms with Crippen LogP contribution in [0.15, 0.2) is 0 Å². The highest BCUT2D eigenvalue weighted by Gasteiger charge is 2.37. The Morgan fingerprint density at radius 1 is 1.39 bits per heavy atom. The molecular weight excluding hydrogens is 276 g/mol. The van der Waals surface area contributed by atoms with Crippen LogP contribution in [0.4, 0.5) is 0 Å². The first-order chi connectivity index (χ1) is 7.79. The van der Waals surface area contributed by atoms with Gasteiger partial charge >= 0.3 is 0 Å². The summed E-state index contributed by atoms with van der Waals surface area (Å²) in [7, 11) is -3.06. The number of halogens is 1. The van der Waals surface area contributed by atoms with Crippen LogP contribution in [0.1, 0.15) is 39.5 Å². The third kappa shape index (κ3) is 4.74. The second-order valence-electron chi connectivity index (χ2n) is 4.94. The standard InChI is InChI=1S/C11H22N2O3S.ClH/c1-3-17(15,16)8-9(2)13-10(14)11(12)6-4-5-7-11;/h9H,3-8,12H2,1-2H3,(H,13,14);1H. The van der Waals surface area contributed by atoms with Gasteiger partial charge in [-0.05, 0) is 19.8 Å². The van der Waals surface area contributed by atoms with Gasteiger partial charge in [0.15, 0.2) is 9.84 Å². The molecule has 1 amide bonds. The lowest BCUT2D eigenvalue weighted by atomic mass is 9.98. The van der Waals surface area contributed by atoms with Crippen molar-refractivity contribution >= 4 is 28.2 Å². The van der Waals surface area contributed by atoms with E-state index in [0.29, 0.717) is 12.8 Å². The number of hydrogen-bond donors (Lipinski definition) is 2. The first-order valence-electron chi connectivity index (χ1n) is 6.09. The molecule has 1 aliphatic rings. The molecule has 0 heterocycles. The average molecular weight is 299 g/mol. The van der Waals surface area contributed by atoms with Crippen LogP contribution in [0.5, 0.6) is 0 Å². The van der Waals surface area contributed by atoms with Gasteiger partial charge in [-0.15, -0.1) is 12.4 Å². The lowest BCUT2D eigenvalue weighted by Gasteiger charge is -2.25. The molecule has 0 aromatic heterocycles. The van der Waals surface area contributed by atoms with Gasteiger partial charge < -0.3 is 11.1 Å². The Labute approximate surface area is 115 Å². The molecule has 1 rings (SSSR count). The summed E-state index contributed by atoms with van der Waals surface area (Å²) >= 11 is 0. The second kappa shape index (κ2) is 6.73. The van der Waals surface area contributed by atoms with E-state index >= 15 is 0 Å². The van der Waals surface area contributed by atoms with Gasteiger partial charge in [-0.25, -0.2) is 8.42 Å². The number of nitrogens with two attached hydrogens (primary N) is 1. The monoisotopic (exact) mass is 298 g/mol. The van der Waals surface area contributed by atoms with E-state index in [1.165, 1.54) is 0 Å². The molecule has 0 aliphatic heterocycles. The number of nitrogens with one attached hydrogen (secondary N) is 1. The summed E-state index contributed by atoms with van der Waals surface area (Å²) < 4.78 is 22.8. The van der Waals surface area contributed by atoms with Crippen LogP contribution < -0.4 is 11.1 Å². The minimum Gasteiger partial charge on any atom is -0.351 e. The third-order valence-electron chi connectivity index (χ3n) is 3.27. The highest BCUT2D eigenvalue weighted by Crippen LogP contribution is 2.27. The fourth-order valence-corrected chi connectivity index (χ4v) is 3.22. The molecule has 108 valence electrons. The molecule has 18 heavy (non-hydrogen) atoms. The maximum absolute atomic E-state index is 11.9. The maximum atomic E-state index is 11.9.